The first-order valence-electron chi connectivity index (χ1n) is 5.21. The first kappa shape index (κ1) is 11.5. The van der Waals surface area contributed by atoms with Gasteiger partial charge in [0.2, 0.25) is 0 Å². The minimum Gasteiger partial charge on any atom is -0.384 e. The molecule has 0 saturated carbocycles. The molecule has 0 aliphatic heterocycles. The van der Waals surface area contributed by atoms with Crippen LogP contribution in [0.15, 0.2) is 36.5 Å². The summed E-state index contributed by atoms with van der Waals surface area (Å²) >= 11 is 0. The van der Waals surface area contributed by atoms with Crippen LogP contribution in [-0.4, -0.2) is 4.98 Å². The van der Waals surface area contributed by atoms with E-state index in [9.17, 15) is 8.78 Å². The number of nitrogens with zero attached hydrogens (tertiary/aromatic N) is 1. The van der Waals surface area contributed by atoms with Crippen molar-refractivity contribution in [2.45, 2.75) is 13.3 Å². The molecule has 0 amide bonds. The summed E-state index contributed by atoms with van der Waals surface area (Å²) in [6.07, 6.45) is 1.56. The molecule has 2 nitrogen and oxygen atoms in total. The van der Waals surface area contributed by atoms with Crippen molar-refractivity contribution in [1.82, 2.24) is 4.98 Å². The lowest BCUT2D eigenvalue weighted by Crippen LogP contribution is -1.95. The van der Waals surface area contributed by atoms with E-state index in [-0.39, 0.29) is 0 Å². The van der Waals surface area contributed by atoms with E-state index in [1.54, 1.807) is 36.5 Å². The molecule has 0 unspecified atom stereocenters. The van der Waals surface area contributed by atoms with Gasteiger partial charge in [-0.2, -0.15) is 0 Å². The number of anilines is 1. The monoisotopic (exact) mass is 234 g/mol. The van der Waals surface area contributed by atoms with Gasteiger partial charge in [-0.25, -0.2) is 13.8 Å². The summed E-state index contributed by atoms with van der Waals surface area (Å²) in [4.78, 5) is 3.95. The largest absolute Gasteiger partial charge is 0.384 e. The Morgan fingerprint density at radius 1 is 1.06 bits per heavy atom. The second kappa shape index (κ2) is 4.91. The number of nitrogen functional groups attached to an aromatic ring is 1. The topological polar surface area (TPSA) is 38.9 Å². The minimum atomic E-state index is -0.695. The van der Waals surface area contributed by atoms with Crippen LogP contribution in [-0.2, 0) is 13.3 Å². The Morgan fingerprint density at radius 3 is 2.47 bits per heavy atom. The van der Waals surface area contributed by atoms with E-state index in [1.807, 2.05) is 0 Å². The van der Waals surface area contributed by atoms with Gasteiger partial charge in [-0.15, -0.1) is 0 Å². The standard InChI is InChI=1S/C13H12F2N2/c14-6-9-2-1-3-11(12(9)7-15)10-4-5-13(16)17-8-10/h1-5,8H,6-7H2,(H2,16,17). The van der Waals surface area contributed by atoms with Gasteiger partial charge >= 0.3 is 0 Å². The zero-order valence-corrected chi connectivity index (χ0v) is 9.16. The molecule has 0 aliphatic rings. The van der Waals surface area contributed by atoms with Crippen LogP contribution in [0.3, 0.4) is 0 Å². The molecule has 0 bridgehead atoms. The van der Waals surface area contributed by atoms with Crippen LogP contribution in [0.4, 0.5) is 14.6 Å². The van der Waals surface area contributed by atoms with Crippen molar-refractivity contribution in [2.24, 2.45) is 0 Å². The number of halogens is 2. The average molecular weight is 234 g/mol. The van der Waals surface area contributed by atoms with Crippen LogP contribution >= 0.6 is 0 Å². The molecule has 0 saturated heterocycles. The molecular formula is C13H12F2N2. The fourth-order valence-corrected chi connectivity index (χ4v) is 1.75. The number of pyridine rings is 1. The second-order valence-electron chi connectivity index (χ2n) is 3.68. The number of hydrogen-bond donors (Lipinski definition) is 1. The van der Waals surface area contributed by atoms with Gasteiger partial charge in [-0.1, -0.05) is 18.2 Å². The van der Waals surface area contributed by atoms with E-state index in [2.05, 4.69) is 4.98 Å². The molecule has 2 aromatic rings. The first-order chi connectivity index (χ1) is 8.26. The van der Waals surface area contributed by atoms with Crippen molar-refractivity contribution in [3.05, 3.63) is 47.7 Å². The number of alkyl halides is 2. The molecule has 0 spiro atoms. The molecule has 1 heterocycles. The highest BCUT2D eigenvalue weighted by atomic mass is 19.1. The molecule has 4 heteroatoms. The van der Waals surface area contributed by atoms with E-state index in [0.29, 0.717) is 22.5 Å². The summed E-state index contributed by atoms with van der Waals surface area (Å²) in [7, 11) is 0. The smallest absolute Gasteiger partial charge is 0.123 e. The molecule has 0 radical (unpaired) electrons. The molecule has 1 aromatic carbocycles. The zero-order chi connectivity index (χ0) is 12.3. The van der Waals surface area contributed by atoms with E-state index in [1.165, 1.54) is 0 Å². The summed E-state index contributed by atoms with van der Waals surface area (Å²) in [6.45, 7) is -1.37. The Balaban J connectivity index is 2.54. The maximum atomic E-state index is 13.0. The van der Waals surface area contributed by atoms with Gasteiger partial charge in [0.1, 0.15) is 19.2 Å². The van der Waals surface area contributed by atoms with E-state index in [4.69, 9.17) is 5.73 Å². The van der Waals surface area contributed by atoms with Gasteiger partial charge in [0.25, 0.3) is 0 Å². The molecule has 0 fully saturated rings. The summed E-state index contributed by atoms with van der Waals surface area (Å²) in [5.41, 5.74) is 7.64. The Kier molecular flexibility index (Phi) is 3.32. The normalized spacial score (nSPS) is 10.5. The fourth-order valence-electron chi connectivity index (χ4n) is 1.75. The van der Waals surface area contributed by atoms with Crippen molar-refractivity contribution in [3.63, 3.8) is 0 Å². The lowest BCUT2D eigenvalue weighted by atomic mass is 9.97. The average Bonchev–Trinajstić information content (AvgIpc) is 2.38. The summed E-state index contributed by atoms with van der Waals surface area (Å²) < 4.78 is 25.7. The van der Waals surface area contributed by atoms with Crippen molar-refractivity contribution >= 4 is 5.82 Å². The summed E-state index contributed by atoms with van der Waals surface area (Å²) in [5.74, 6) is 0.400. The van der Waals surface area contributed by atoms with Gasteiger partial charge in [-0.3, -0.25) is 0 Å². The van der Waals surface area contributed by atoms with Crippen molar-refractivity contribution in [1.29, 1.82) is 0 Å². The Morgan fingerprint density at radius 2 is 1.88 bits per heavy atom. The predicted octanol–water partition coefficient (Wildman–Crippen LogP) is 3.27. The van der Waals surface area contributed by atoms with Gasteiger partial charge < -0.3 is 5.73 Å². The number of aromatic nitrogens is 1. The van der Waals surface area contributed by atoms with Crippen molar-refractivity contribution in [3.8, 4) is 11.1 Å². The third kappa shape index (κ3) is 2.25. The van der Waals surface area contributed by atoms with Crippen LogP contribution in [0.25, 0.3) is 11.1 Å². The highest BCUT2D eigenvalue weighted by Crippen LogP contribution is 2.27. The van der Waals surface area contributed by atoms with Gasteiger partial charge in [0.05, 0.1) is 0 Å². The van der Waals surface area contributed by atoms with Crippen LogP contribution in [0, 0.1) is 0 Å². The van der Waals surface area contributed by atoms with E-state index < -0.39 is 13.3 Å². The molecular weight excluding hydrogens is 222 g/mol. The number of benzene rings is 1. The van der Waals surface area contributed by atoms with Crippen molar-refractivity contribution < 1.29 is 8.78 Å². The fraction of sp³-hybridized carbons (Fsp3) is 0.154. The molecule has 0 aliphatic carbocycles. The Hall–Kier alpha value is -1.97. The van der Waals surface area contributed by atoms with E-state index in [0.717, 1.165) is 5.56 Å². The van der Waals surface area contributed by atoms with Gasteiger partial charge in [0.15, 0.2) is 0 Å². The zero-order valence-electron chi connectivity index (χ0n) is 9.16. The number of nitrogens with two attached hydrogens (primary N) is 1. The van der Waals surface area contributed by atoms with Gasteiger partial charge in [0, 0.05) is 11.8 Å². The molecule has 88 valence electrons. The lowest BCUT2D eigenvalue weighted by Gasteiger charge is -2.10. The molecule has 17 heavy (non-hydrogen) atoms. The molecule has 1 aromatic heterocycles. The molecule has 2 N–H and O–H groups in total. The third-order valence-electron chi connectivity index (χ3n) is 2.65. The first-order valence-corrected chi connectivity index (χ1v) is 5.21. The molecule has 0 atom stereocenters. The minimum absolute atomic E-state index is 0.376. The second-order valence-corrected chi connectivity index (χ2v) is 3.68. The van der Waals surface area contributed by atoms with Crippen LogP contribution < -0.4 is 5.73 Å². The highest BCUT2D eigenvalue weighted by molar-refractivity contribution is 5.68. The maximum absolute atomic E-state index is 13.0. The number of rotatable bonds is 3. The van der Waals surface area contributed by atoms with Gasteiger partial charge in [-0.05, 0) is 28.8 Å². The third-order valence-corrected chi connectivity index (χ3v) is 2.65. The number of hydrogen-bond acceptors (Lipinski definition) is 2. The van der Waals surface area contributed by atoms with Crippen LogP contribution in [0.5, 0.6) is 0 Å². The molecule has 2 rings (SSSR count). The SMILES string of the molecule is Nc1ccc(-c2cccc(CF)c2CF)cn1. The predicted molar refractivity (Wildman–Crippen MR) is 63.7 cm³/mol. The van der Waals surface area contributed by atoms with Crippen molar-refractivity contribution in [2.75, 3.05) is 5.73 Å². The summed E-state index contributed by atoms with van der Waals surface area (Å²) in [5, 5.41) is 0. The van der Waals surface area contributed by atoms with Crippen LogP contribution in [0.1, 0.15) is 11.1 Å². The lowest BCUT2D eigenvalue weighted by molar-refractivity contribution is 0.455. The Bertz CT molecular complexity index is 509. The van der Waals surface area contributed by atoms with Crippen LogP contribution in [0.2, 0.25) is 0 Å². The Labute approximate surface area is 98.1 Å². The maximum Gasteiger partial charge on any atom is 0.123 e. The highest BCUT2D eigenvalue weighted by Gasteiger charge is 2.09. The quantitative estimate of drug-likeness (QED) is 0.885. The summed E-state index contributed by atoms with van der Waals surface area (Å²) in [6, 6.07) is 8.43. The van der Waals surface area contributed by atoms with E-state index >= 15 is 0 Å².